The molecule has 2 aromatic rings. The first-order chi connectivity index (χ1) is 12.8. The first-order valence-corrected chi connectivity index (χ1v) is 11.3. The van der Waals surface area contributed by atoms with E-state index in [0.717, 1.165) is 37.7 Å². The number of piperazine rings is 1. The number of aliphatic imine (C=N–C) groups is 1. The summed E-state index contributed by atoms with van der Waals surface area (Å²) >= 11 is 1.79. The van der Waals surface area contributed by atoms with E-state index >= 15 is 0 Å². The largest absolute Gasteiger partial charge is 0.360 e. The average molecular weight is 518 g/mol. The van der Waals surface area contributed by atoms with Gasteiger partial charge in [-0.3, -0.25) is 9.20 Å². The molecule has 1 N–H and O–H groups in total. The lowest BCUT2D eigenvalue weighted by molar-refractivity contribution is 0.374. The number of nitrogens with zero attached hydrogens (tertiary/aromatic N) is 3. The molecule has 0 radical (unpaired) electrons. The van der Waals surface area contributed by atoms with Crippen molar-refractivity contribution >= 4 is 57.1 Å². The summed E-state index contributed by atoms with van der Waals surface area (Å²) in [6, 6.07) is 14.3. The fourth-order valence-electron chi connectivity index (χ4n) is 3.03. The summed E-state index contributed by atoms with van der Waals surface area (Å²) in [6.45, 7) is 4.58. The van der Waals surface area contributed by atoms with E-state index in [4.69, 9.17) is 0 Å². The smallest absolute Gasteiger partial charge is 0.193 e. The maximum atomic E-state index is 12.2. The lowest BCUT2D eigenvalue weighted by atomic mass is 10.2. The Morgan fingerprint density at radius 1 is 1.15 bits per heavy atom. The minimum Gasteiger partial charge on any atom is -0.360 e. The van der Waals surface area contributed by atoms with E-state index in [9.17, 15) is 4.21 Å². The van der Waals surface area contributed by atoms with Gasteiger partial charge in [0.15, 0.2) is 5.96 Å². The maximum absolute atomic E-state index is 12.2. The Balaban J connectivity index is 0.00000261. The molecule has 1 aliphatic heterocycles. The SMILES string of the molecule is CN=C(NCCS(=O)Cc1ccccc1)N1CCN(c2cccs2)CC1.I. The van der Waals surface area contributed by atoms with E-state index in [0.29, 0.717) is 18.1 Å². The standard InChI is InChI=1S/C19H26N4OS2.HI/c1-20-19(21-9-15-26(24)16-17-6-3-2-4-7-17)23-12-10-22(11-13-23)18-8-5-14-25-18;/h2-8,14H,9-13,15-16H2,1H3,(H,20,21);1H. The molecule has 2 heterocycles. The van der Waals surface area contributed by atoms with E-state index < -0.39 is 10.8 Å². The van der Waals surface area contributed by atoms with Gasteiger partial charge in [0.05, 0.1) is 5.00 Å². The minimum atomic E-state index is -0.863. The molecular formula is C19H27IN4OS2. The van der Waals surface area contributed by atoms with E-state index in [2.05, 4.69) is 37.6 Å². The molecule has 0 bridgehead atoms. The molecule has 1 fully saturated rings. The maximum Gasteiger partial charge on any atom is 0.193 e. The van der Waals surface area contributed by atoms with Crippen LogP contribution >= 0.6 is 35.3 Å². The molecule has 148 valence electrons. The van der Waals surface area contributed by atoms with Crippen LogP contribution in [-0.4, -0.2) is 60.6 Å². The number of hydrogen-bond donors (Lipinski definition) is 1. The monoisotopic (exact) mass is 518 g/mol. The molecule has 5 nitrogen and oxygen atoms in total. The number of anilines is 1. The van der Waals surface area contributed by atoms with Crippen molar-refractivity contribution in [2.45, 2.75) is 5.75 Å². The molecule has 0 saturated carbocycles. The van der Waals surface area contributed by atoms with Crippen molar-refractivity contribution in [2.24, 2.45) is 4.99 Å². The summed E-state index contributed by atoms with van der Waals surface area (Å²) in [4.78, 5) is 9.10. The molecular weight excluding hydrogens is 491 g/mol. The van der Waals surface area contributed by atoms with E-state index in [1.165, 1.54) is 5.00 Å². The topological polar surface area (TPSA) is 47.9 Å². The van der Waals surface area contributed by atoms with Gasteiger partial charge in [-0.05, 0) is 23.1 Å². The molecule has 0 amide bonds. The van der Waals surface area contributed by atoms with E-state index in [1.807, 2.05) is 37.4 Å². The number of hydrogen-bond acceptors (Lipinski definition) is 4. The molecule has 1 aromatic carbocycles. The van der Waals surface area contributed by atoms with Crippen LogP contribution in [0.2, 0.25) is 0 Å². The second-order valence-electron chi connectivity index (χ2n) is 6.17. The predicted molar refractivity (Wildman–Crippen MR) is 128 cm³/mol. The van der Waals surface area contributed by atoms with Crippen molar-refractivity contribution in [3.05, 3.63) is 53.4 Å². The molecule has 1 saturated heterocycles. The third kappa shape index (κ3) is 6.76. The predicted octanol–water partition coefficient (Wildman–Crippen LogP) is 3.01. The lowest BCUT2D eigenvalue weighted by Crippen LogP contribution is -2.52. The average Bonchev–Trinajstić information content (AvgIpc) is 3.21. The van der Waals surface area contributed by atoms with Crippen LogP contribution in [0, 0.1) is 0 Å². The fourth-order valence-corrected chi connectivity index (χ4v) is 4.85. The zero-order valence-corrected chi connectivity index (χ0v) is 19.5. The number of halogens is 1. The second kappa shape index (κ2) is 11.7. The van der Waals surface area contributed by atoms with Gasteiger partial charge in [-0.1, -0.05) is 30.3 Å². The van der Waals surface area contributed by atoms with Gasteiger partial charge in [-0.25, -0.2) is 0 Å². The summed E-state index contributed by atoms with van der Waals surface area (Å²) in [5, 5.41) is 6.83. The van der Waals surface area contributed by atoms with Crippen molar-refractivity contribution in [2.75, 3.05) is 50.4 Å². The fraction of sp³-hybridized carbons (Fsp3) is 0.421. The zero-order valence-electron chi connectivity index (χ0n) is 15.5. The van der Waals surface area contributed by atoms with Crippen molar-refractivity contribution in [3.63, 3.8) is 0 Å². The van der Waals surface area contributed by atoms with Gasteiger partial charge in [-0.15, -0.1) is 35.3 Å². The van der Waals surface area contributed by atoms with Crippen molar-refractivity contribution in [1.29, 1.82) is 0 Å². The highest BCUT2D eigenvalue weighted by Gasteiger charge is 2.20. The summed E-state index contributed by atoms with van der Waals surface area (Å²) in [5.41, 5.74) is 1.12. The molecule has 3 rings (SSSR count). The van der Waals surface area contributed by atoms with Gasteiger partial charge in [0.2, 0.25) is 0 Å². The Morgan fingerprint density at radius 3 is 2.52 bits per heavy atom. The minimum absolute atomic E-state index is 0. The number of benzene rings is 1. The van der Waals surface area contributed by atoms with Gasteiger partial charge in [0.25, 0.3) is 0 Å². The molecule has 0 aliphatic carbocycles. The summed E-state index contributed by atoms with van der Waals surface area (Å²) in [6.07, 6.45) is 0. The van der Waals surface area contributed by atoms with Crippen LogP contribution in [0.15, 0.2) is 52.8 Å². The van der Waals surface area contributed by atoms with Crippen molar-refractivity contribution in [3.8, 4) is 0 Å². The quantitative estimate of drug-likeness (QED) is 0.363. The molecule has 1 aliphatic rings. The van der Waals surface area contributed by atoms with Crippen LogP contribution in [0.1, 0.15) is 5.56 Å². The first-order valence-electron chi connectivity index (χ1n) is 8.89. The Hall–Kier alpha value is -1.13. The number of nitrogens with one attached hydrogen (secondary N) is 1. The van der Waals surface area contributed by atoms with Gasteiger partial charge in [0.1, 0.15) is 0 Å². The summed E-state index contributed by atoms with van der Waals surface area (Å²) < 4.78 is 12.2. The lowest BCUT2D eigenvalue weighted by Gasteiger charge is -2.37. The highest BCUT2D eigenvalue weighted by molar-refractivity contribution is 14.0. The van der Waals surface area contributed by atoms with E-state index in [1.54, 1.807) is 11.3 Å². The number of rotatable bonds is 6. The van der Waals surface area contributed by atoms with Gasteiger partial charge in [-0.2, -0.15) is 0 Å². The van der Waals surface area contributed by atoms with Crippen LogP contribution in [-0.2, 0) is 16.6 Å². The third-order valence-electron chi connectivity index (χ3n) is 4.39. The van der Waals surface area contributed by atoms with Crippen molar-refractivity contribution in [1.82, 2.24) is 10.2 Å². The van der Waals surface area contributed by atoms with Crippen molar-refractivity contribution < 1.29 is 4.21 Å². The second-order valence-corrected chi connectivity index (χ2v) is 8.68. The molecule has 1 unspecified atom stereocenters. The third-order valence-corrected chi connectivity index (χ3v) is 6.64. The summed E-state index contributed by atoms with van der Waals surface area (Å²) in [5.74, 6) is 2.15. The van der Waals surface area contributed by atoms with Crippen LogP contribution < -0.4 is 10.2 Å². The summed E-state index contributed by atoms with van der Waals surface area (Å²) in [7, 11) is 0.951. The Kier molecular flexibility index (Phi) is 9.57. The van der Waals surface area contributed by atoms with Crippen LogP contribution in [0.3, 0.4) is 0 Å². The van der Waals surface area contributed by atoms with Gasteiger partial charge >= 0.3 is 0 Å². The number of guanidine groups is 1. The molecule has 1 atom stereocenters. The Bertz CT molecular complexity index is 717. The van der Waals surface area contributed by atoms with Gasteiger partial charge in [0, 0.05) is 62.1 Å². The molecule has 8 heteroatoms. The Labute approximate surface area is 185 Å². The molecule has 27 heavy (non-hydrogen) atoms. The molecule has 1 aromatic heterocycles. The van der Waals surface area contributed by atoms with Crippen LogP contribution in [0.5, 0.6) is 0 Å². The van der Waals surface area contributed by atoms with E-state index in [-0.39, 0.29) is 24.0 Å². The normalized spacial score (nSPS) is 16.0. The van der Waals surface area contributed by atoms with Crippen LogP contribution in [0.4, 0.5) is 5.00 Å². The molecule has 0 spiro atoms. The highest BCUT2D eigenvalue weighted by Crippen LogP contribution is 2.22. The number of thiophene rings is 1. The van der Waals surface area contributed by atoms with Crippen LogP contribution in [0.25, 0.3) is 0 Å². The first kappa shape index (κ1) is 22.2. The van der Waals surface area contributed by atoms with Gasteiger partial charge < -0.3 is 15.1 Å². The Morgan fingerprint density at radius 2 is 1.89 bits per heavy atom. The highest BCUT2D eigenvalue weighted by atomic mass is 127. The zero-order chi connectivity index (χ0) is 18.2.